The van der Waals surface area contributed by atoms with Gasteiger partial charge in [-0.25, -0.2) is 13.0 Å². The number of pyridine rings is 1. The molecule has 3 nitrogen and oxygen atoms in total. The molecule has 0 aromatic carbocycles. The number of hydrogen-bond acceptors (Lipinski definition) is 3. The quantitative estimate of drug-likeness (QED) is 0.722. The molecule has 0 radical (unpaired) electrons. The summed E-state index contributed by atoms with van der Waals surface area (Å²) in [6, 6.07) is 0. The molecule has 0 saturated carbocycles. The van der Waals surface area contributed by atoms with Crippen molar-refractivity contribution in [1.82, 2.24) is 4.98 Å². The van der Waals surface area contributed by atoms with Crippen LogP contribution in [0.3, 0.4) is 0 Å². The van der Waals surface area contributed by atoms with Gasteiger partial charge in [-0.3, -0.25) is 4.98 Å². The number of hydrogen-bond donors (Lipinski definition) is 0. The second kappa shape index (κ2) is 3.27. The molecule has 2 rings (SSSR count). The number of rotatable bonds is 1. The molecule has 1 aliphatic heterocycles. The molecule has 1 aromatic rings. The molecule has 0 amide bonds. The molecule has 1 saturated heterocycles. The van der Waals surface area contributed by atoms with Gasteiger partial charge in [0.15, 0.2) is 11.6 Å². The maximum atomic E-state index is 13.0. The van der Waals surface area contributed by atoms with Crippen LogP contribution in [0.2, 0.25) is 0 Å². The largest absolute Gasteiger partial charge is 0.258 e. The van der Waals surface area contributed by atoms with E-state index in [-0.39, 0.29) is 0 Å². The number of halogens is 2. The monoisotopic (exact) mass is 218 g/mol. The Bertz CT molecular complexity index is 450. The first-order chi connectivity index (χ1) is 6.61. The highest BCUT2D eigenvalue weighted by Gasteiger charge is 2.21. The van der Waals surface area contributed by atoms with Crippen molar-refractivity contribution < 1.29 is 13.0 Å². The zero-order valence-corrected chi connectivity index (χ0v) is 8.06. The van der Waals surface area contributed by atoms with Gasteiger partial charge in [-0.05, 0) is 6.42 Å². The van der Waals surface area contributed by atoms with Crippen LogP contribution in [-0.2, 0) is 9.73 Å². The summed E-state index contributed by atoms with van der Waals surface area (Å²) in [6.07, 6.45) is 2.53. The standard InChI is InChI=1S/C8H8F2N2OS/c9-6-4-11-5-7(10)8(6)12-14(13)2-1-3-14/h4-5H,1-3H2. The van der Waals surface area contributed by atoms with E-state index in [9.17, 15) is 13.0 Å². The van der Waals surface area contributed by atoms with Gasteiger partial charge in [-0.1, -0.05) is 0 Å². The van der Waals surface area contributed by atoms with Crippen LogP contribution < -0.4 is 0 Å². The van der Waals surface area contributed by atoms with Crippen LogP contribution >= 0.6 is 0 Å². The minimum atomic E-state index is -2.37. The van der Waals surface area contributed by atoms with Gasteiger partial charge in [0, 0.05) is 11.5 Å². The molecular weight excluding hydrogens is 210 g/mol. The molecule has 2 heterocycles. The Balaban J connectivity index is 2.52. The van der Waals surface area contributed by atoms with Crippen molar-refractivity contribution in [2.24, 2.45) is 4.36 Å². The van der Waals surface area contributed by atoms with Gasteiger partial charge in [0.25, 0.3) is 0 Å². The highest BCUT2D eigenvalue weighted by atomic mass is 32.2. The molecule has 0 spiro atoms. The predicted octanol–water partition coefficient (Wildman–Crippen LogP) is 1.86. The van der Waals surface area contributed by atoms with Gasteiger partial charge in [0.05, 0.1) is 22.1 Å². The first-order valence-corrected chi connectivity index (χ1v) is 5.98. The van der Waals surface area contributed by atoms with Crippen LogP contribution in [0.1, 0.15) is 6.42 Å². The Morgan fingerprint density at radius 2 is 1.86 bits per heavy atom. The van der Waals surface area contributed by atoms with Crippen molar-refractivity contribution in [2.75, 3.05) is 11.5 Å². The Kier molecular flexibility index (Phi) is 2.22. The van der Waals surface area contributed by atoms with E-state index in [4.69, 9.17) is 0 Å². The normalized spacial score (nSPS) is 18.7. The number of aromatic nitrogens is 1. The Morgan fingerprint density at radius 1 is 1.29 bits per heavy atom. The third kappa shape index (κ3) is 1.61. The molecule has 1 fully saturated rings. The third-order valence-corrected chi connectivity index (χ3v) is 4.38. The topological polar surface area (TPSA) is 42.3 Å². The molecule has 0 bridgehead atoms. The minimum Gasteiger partial charge on any atom is -0.258 e. The second-order valence-corrected chi connectivity index (χ2v) is 5.62. The summed E-state index contributed by atoms with van der Waals surface area (Å²) >= 11 is 0. The van der Waals surface area contributed by atoms with Crippen LogP contribution in [0.25, 0.3) is 0 Å². The van der Waals surface area contributed by atoms with Crippen molar-refractivity contribution in [3.8, 4) is 0 Å². The van der Waals surface area contributed by atoms with E-state index in [0.717, 1.165) is 18.8 Å². The maximum Gasteiger partial charge on any atom is 0.170 e. The van der Waals surface area contributed by atoms with E-state index in [2.05, 4.69) is 9.35 Å². The van der Waals surface area contributed by atoms with E-state index < -0.39 is 27.1 Å². The second-order valence-electron chi connectivity index (χ2n) is 3.08. The zero-order chi connectivity index (χ0) is 10.2. The predicted molar refractivity (Wildman–Crippen MR) is 48.7 cm³/mol. The molecule has 0 atom stereocenters. The van der Waals surface area contributed by atoms with Gasteiger partial charge in [0.1, 0.15) is 5.69 Å². The molecule has 1 aliphatic rings. The summed E-state index contributed by atoms with van der Waals surface area (Å²) in [4.78, 5) is 3.32. The fourth-order valence-corrected chi connectivity index (χ4v) is 2.61. The van der Waals surface area contributed by atoms with Crippen LogP contribution in [-0.4, -0.2) is 20.7 Å². The van der Waals surface area contributed by atoms with Crippen molar-refractivity contribution >= 4 is 15.4 Å². The van der Waals surface area contributed by atoms with Gasteiger partial charge < -0.3 is 0 Å². The van der Waals surface area contributed by atoms with Crippen LogP contribution in [0.15, 0.2) is 16.8 Å². The fraction of sp³-hybridized carbons (Fsp3) is 0.375. The lowest BCUT2D eigenvalue weighted by Crippen LogP contribution is -2.23. The molecule has 1 aromatic heterocycles. The summed E-state index contributed by atoms with van der Waals surface area (Å²) in [7, 11) is -2.37. The highest BCUT2D eigenvalue weighted by Crippen LogP contribution is 2.25. The van der Waals surface area contributed by atoms with Crippen LogP contribution in [0, 0.1) is 11.6 Å². The summed E-state index contributed by atoms with van der Waals surface area (Å²) in [5.41, 5.74) is -0.454. The van der Waals surface area contributed by atoms with Gasteiger partial charge >= 0.3 is 0 Å². The lowest BCUT2D eigenvalue weighted by Gasteiger charge is -2.17. The molecule has 0 aliphatic carbocycles. The van der Waals surface area contributed by atoms with Crippen LogP contribution in [0.4, 0.5) is 14.5 Å². The average Bonchev–Trinajstić information content (AvgIpc) is 2.09. The van der Waals surface area contributed by atoms with E-state index in [0.29, 0.717) is 11.5 Å². The smallest absolute Gasteiger partial charge is 0.170 e. The van der Waals surface area contributed by atoms with Crippen molar-refractivity contribution in [3.63, 3.8) is 0 Å². The average molecular weight is 218 g/mol. The van der Waals surface area contributed by atoms with E-state index >= 15 is 0 Å². The minimum absolute atomic E-state index is 0.425. The Hall–Kier alpha value is -1.04. The van der Waals surface area contributed by atoms with E-state index in [1.165, 1.54) is 0 Å². The summed E-state index contributed by atoms with van der Waals surface area (Å²) < 4.78 is 41.3. The summed E-state index contributed by atoms with van der Waals surface area (Å²) in [5, 5.41) is 0. The van der Waals surface area contributed by atoms with E-state index in [1.54, 1.807) is 0 Å². The van der Waals surface area contributed by atoms with Crippen molar-refractivity contribution in [1.29, 1.82) is 0 Å². The third-order valence-electron chi connectivity index (χ3n) is 2.01. The lowest BCUT2D eigenvalue weighted by molar-refractivity contribution is 0.576. The molecular formula is C8H8F2N2OS. The zero-order valence-electron chi connectivity index (χ0n) is 7.24. The molecule has 76 valence electrons. The molecule has 0 unspecified atom stereocenters. The number of nitrogens with zero attached hydrogens (tertiary/aromatic N) is 2. The first-order valence-electron chi connectivity index (χ1n) is 4.12. The van der Waals surface area contributed by atoms with Crippen molar-refractivity contribution in [2.45, 2.75) is 6.42 Å². The van der Waals surface area contributed by atoms with Crippen LogP contribution in [0.5, 0.6) is 0 Å². The summed E-state index contributed by atoms with van der Waals surface area (Å²) in [6.45, 7) is 0. The fourth-order valence-electron chi connectivity index (χ4n) is 1.14. The van der Waals surface area contributed by atoms with Crippen molar-refractivity contribution in [3.05, 3.63) is 24.0 Å². The Labute approximate surface area is 80.3 Å². The maximum absolute atomic E-state index is 13.0. The van der Waals surface area contributed by atoms with Gasteiger partial charge in [-0.2, -0.15) is 4.36 Å². The Morgan fingerprint density at radius 3 is 2.29 bits per heavy atom. The molecule has 6 heteroatoms. The SMILES string of the molecule is O=S1(=Nc2c(F)cncc2F)CCC1. The van der Waals surface area contributed by atoms with E-state index in [1.807, 2.05) is 0 Å². The van der Waals surface area contributed by atoms with Gasteiger partial charge in [-0.15, -0.1) is 0 Å². The first kappa shape index (κ1) is 9.51. The van der Waals surface area contributed by atoms with Gasteiger partial charge in [0.2, 0.25) is 0 Å². The molecule has 0 N–H and O–H groups in total. The highest BCUT2D eigenvalue weighted by molar-refractivity contribution is 7.95. The lowest BCUT2D eigenvalue weighted by atomic mass is 10.4. The molecule has 14 heavy (non-hydrogen) atoms. The summed E-state index contributed by atoms with van der Waals surface area (Å²) in [5.74, 6) is -0.873.